The van der Waals surface area contributed by atoms with Crippen LogP contribution in [0.15, 0.2) is 42.5 Å². The lowest BCUT2D eigenvalue weighted by Gasteiger charge is -2.15. The van der Waals surface area contributed by atoms with Gasteiger partial charge in [0.2, 0.25) is 5.91 Å². The fourth-order valence-electron chi connectivity index (χ4n) is 2.17. The highest BCUT2D eigenvalue weighted by Crippen LogP contribution is 2.15. The first kappa shape index (κ1) is 19.3. The molecule has 1 unspecified atom stereocenters. The van der Waals surface area contributed by atoms with Crippen LogP contribution >= 0.6 is 0 Å². The molecule has 0 aromatic heterocycles. The molecule has 0 saturated carbocycles. The SMILES string of the molecule is CC(NC(=O)CNC(=O)NCc1ccc(F)cc1)c1ccc(F)c(F)c1. The van der Waals surface area contributed by atoms with Gasteiger partial charge in [0.15, 0.2) is 11.6 Å². The minimum Gasteiger partial charge on any atom is -0.348 e. The van der Waals surface area contributed by atoms with Crippen LogP contribution in [0.5, 0.6) is 0 Å². The highest BCUT2D eigenvalue weighted by Gasteiger charge is 2.12. The van der Waals surface area contributed by atoms with Crippen LogP contribution in [0.4, 0.5) is 18.0 Å². The molecule has 2 aromatic carbocycles. The summed E-state index contributed by atoms with van der Waals surface area (Å²) in [7, 11) is 0. The molecule has 2 rings (SSSR count). The normalized spacial score (nSPS) is 11.5. The molecule has 0 saturated heterocycles. The molecular weight excluding hydrogens is 347 g/mol. The maximum atomic E-state index is 13.2. The van der Waals surface area contributed by atoms with Crippen molar-refractivity contribution in [1.29, 1.82) is 0 Å². The number of hydrogen-bond acceptors (Lipinski definition) is 2. The van der Waals surface area contributed by atoms with Crippen molar-refractivity contribution in [3.63, 3.8) is 0 Å². The molecule has 0 fully saturated rings. The van der Waals surface area contributed by atoms with Crippen molar-refractivity contribution in [2.75, 3.05) is 6.54 Å². The van der Waals surface area contributed by atoms with Crippen LogP contribution in [-0.4, -0.2) is 18.5 Å². The molecule has 0 bridgehead atoms. The molecule has 0 aliphatic rings. The van der Waals surface area contributed by atoms with Gasteiger partial charge in [0.05, 0.1) is 12.6 Å². The number of carbonyl (C=O) groups is 2. The summed E-state index contributed by atoms with van der Waals surface area (Å²) in [6.07, 6.45) is 0. The van der Waals surface area contributed by atoms with Crippen LogP contribution in [-0.2, 0) is 11.3 Å². The highest BCUT2D eigenvalue weighted by atomic mass is 19.2. The smallest absolute Gasteiger partial charge is 0.315 e. The number of rotatable bonds is 6. The zero-order valence-electron chi connectivity index (χ0n) is 14.0. The van der Waals surface area contributed by atoms with E-state index in [2.05, 4.69) is 16.0 Å². The Hall–Kier alpha value is -3.03. The van der Waals surface area contributed by atoms with Crippen LogP contribution in [0.3, 0.4) is 0 Å². The van der Waals surface area contributed by atoms with E-state index in [-0.39, 0.29) is 18.9 Å². The molecule has 26 heavy (non-hydrogen) atoms. The van der Waals surface area contributed by atoms with Gasteiger partial charge in [0.25, 0.3) is 0 Å². The second kappa shape index (κ2) is 8.89. The minimum atomic E-state index is -0.998. The first-order valence-electron chi connectivity index (χ1n) is 7.85. The van der Waals surface area contributed by atoms with Crippen molar-refractivity contribution in [1.82, 2.24) is 16.0 Å². The molecule has 0 radical (unpaired) electrons. The van der Waals surface area contributed by atoms with Crippen molar-refractivity contribution in [2.45, 2.75) is 19.5 Å². The Morgan fingerprint density at radius 2 is 1.65 bits per heavy atom. The van der Waals surface area contributed by atoms with Crippen molar-refractivity contribution < 1.29 is 22.8 Å². The summed E-state index contributed by atoms with van der Waals surface area (Å²) in [6, 6.07) is 7.86. The number of benzene rings is 2. The Morgan fingerprint density at radius 1 is 0.962 bits per heavy atom. The standard InChI is InChI=1S/C18H18F3N3O2/c1-11(13-4-7-15(20)16(21)8-13)24-17(25)10-23-18(26)22-9-12-2-5-14(19)6-3-12/h2-8,11H,9-10H2,1H3,(H,24,25)(H2,22,23,26). The van der Waals surface area contributed by atoms with Crippen molar-refractivity contribution in [3.8, 4) is 0 Å². The van der Waals surface area contributed by atoms with Crippen LogP contribution < -0.4 is 16.0 Å². The molecular formula is C18H18F3N3O2. The zero-order chi connectivity index (χ0) is 19.1. The summed E-state index contributed by atoms with van der Waals surface area (Å²) in [5, 5.41) is 7.47. The average molecular weight is 365 g/mol. The van der Waals surface area contributed by atoms with E-state index >= 15 is 0 Å². The lowest BCUT2D eigenvalue weighted by Crippen LogP contribution is -2.42. The van der Waals surface area contributed by atoms with Gasteiger partial charge in [-0.15, -0.1) is 0 Å². The zero-order valence-corrected chi connectivity index (χ0v) is 14.0. The molecule has 0 aliphatic heterocycles. The van der Waals surface area contributed by atoms with Gasteiger partial charge in [0.1, 0.15) is 5.82 Å². The fraction of sp³-hybridized carbons (Fsp3) is 0.222. The van der Waals surface area contributed by atoms with Crippen molar-refractivity contribution in [2.24, 2.45) is 0 Å². The van der Waals surface area contributed by atoms with E-state index in [0.29, 0.717) is 11.1 Å². The highest BCUT2D eigenvalue weighted by molar-refractivity contribution is 5.84. The van der Waals surface area contributed by atoms with E-state index in [0.717, 1.165) is 12.1 Å². The third kappa shape index (κ3) is 5.80. The van der Waals surface area contributed by atoms with E-state index in [1.165, 1.54) is 30.3 Å². The quantitative estimate of drug-likeness (QED) is 0.737. The van der Waals surface area contributed by atoms with Crippen molar-refractivity contribution >= 4 is 11.9 Å². The number of urea groups is 1. The largest absolute Gasteiger partial charge is 0.348 e. The summed E-state index contributed by atoms with van der Waals surface area (Å²) in [4.78, 5) is 23.5. The van der Waals surface area contributed by atoms with E-state index in [9.17, 15) is 22.8 Å². The molecule has 2 aromatic rings. The maximum absolute atomic E-state index is 13.2. The summed E-state index contributed by atoms with van der Waals surface area (Å²) in [5.74, 6) is -2.82. The Bertz CT molecular complexity index is 782. The van der Waals surface area contributed by atoms with Gasteiger partial charge >= 0.3 is 6.03 Å². The fourth-order valence-corrected chi connectivity index (χ4v) is 2.17. The van der Waals surface area contributed by atoms with Gasteiger partial charge in [-0.25, -0.2) is 18.0 Å². The third-order valence-corrected chi connectivity index (χ3v) is 3.60. The molecule has 5 nitrogen and oxygen atoms in total. The number of carbonyl (C=O) groups excluding carboxylic acids is 2. The Kier molecular flexibility index (Phi) is 6.60. The van der Waals surface area contributed by atoms with E-state index < -0.39 is 29.6 Å². The Labute approximate surface area is 148 Å². The summed E-state index contributed by atoms with van der Waals surface area (Å²) in [5.41, 5.74) is 1.11. The molecule has 0 spiro atoms. The van der Waals surface area contributed by atoms with Gasteiger partial charge in [-0.1, -0.05) is 18.2 Å². The molecule has 3 N–H and O–H groups in total. The maximum Gasteiger partial charge on any atom is 0.315 e. The Balaban J connectivity index is 1.74. The van der Waals surface area contributed by atoms with Crippen LogP contribution in [0.2, 0.25) is 0 Å². The van der Waals surface area contributed by atoms with Crippen LogP contribution in [0.25, 0.3) is 0 Å². The summed E-state index contributed by atoms with van der Waals surface area (Å²) < 4.78 is 38.9. The summed E-state index contributed by atoms with van der Waals surface area (Å²) in [6.45, 7) is 1.50. The molecule has 0 aliphatic carbocycles. The number of hydrogen-bond donors (Lipinski definition) is 3. The van der Waals surface area contributed by atoms with Crippen LogP contribution in [0, 0.1) is 17.5 Å². The predicted molar refractivity (Wildman–Crippen MR) is 89.6 cm³/mol. The van der Waals surface area contributed by atoms with Gasteiger partial charge in [0, 0.05) is 6.54 Å². The van der Waals surface area contributed by atoms with Gasteiger partial charge in [-0.2, -0.15) is 0 Å². The second-order valence-electron chi connectivity index (χ2n) is 5.63. The van der Waals surface area contributed by atoms with Crippen molar-refractivity contribution in [3.05, 3.63) is 71.0 Å². The van der Waals surface area contributed by atoms with Gasteiger partial charge in [-0.05, 0) is 42.3 Å². The van der Waals surface area contributed by atoms with E-state index in [4.69, 9.17) is 0 Å². The number of nitrogens with one attached hydrogen (secondary N) is 3. The van der Waals surface area contributed by atoms with E-state index in [1.54, 1.807) is 6.92 Å². The molecule has 138 valence electrons. The van der Waals surface area contributed by atoms with E-state index in [1.807, 2.05) is 0 Å². The second-order valence-corrected chi connectivity index (χ2v) is 5.63. The first-order valence-corrected chi connectivity index (χ1v) is 7.85. The number of amides is 3. The Morgan fingerprint density at radius 3 is 2.31 bits per heavy atom. The minimum absolute atomic E-state index is 0.180. The number of halogens is 3. The molecule has 8 heteroatoms. The predicted octanol–water partition coefficient (Wildman–Crippen LogP) is 2.78. The first-order chi connectivity index (χ1) is 12.3. The van der Waals surface area contributed by atoms with Gasteiger partial charge < -0.3 is 16.0 Å². The third-order valence-electron chi connectivity index (χ3n) is 3.60. The topological polar surface area (TPSA) is 70.2 Å². The molecule has 0 heterocycles. The summed E-state index contributed by atoms with van der Waals surface area (Å²) >= 11 is 0. The molecule has 1 atom stereocenters. The molecule has 3 amide bonds. The van der Waals surface area contributed by atoms with Gasteiger partial charge in [-0.3, -0.25) is 4.79 Å². The lowest BCUT2D eigenvalue weighted by molar-refractivity contribution is -0.120. The average Bonchev–Trinajstić information content (AvgIpc) is 2.61. The van der Waals surface area contributed by atoms with Crippen LogP contribution in [0.1, 0.15) is 24.1 Å². The lowest BCUT2D eigenvalue weighted by atomic mass is 10.1. The monoisotopic (exact) mass is 365 g/mol.